The van der Waals surface area contributed by atoms with Gasteiger partial charge in [-0.25, -0.2) is 14.4 Å². The fourth-order valence-electron chi connectivity index (χ4n) is 2.76. The van der Waals surface area contributed by atoms with Crippen molar-refractivity contribution in [3.05, 3.63) is 48.0 Å². The highest BCUT2D eigenvalue weighted by Crippen LogP contribution is 2.25. The first-order valence-electron chi connectivity index (χ1n) is 7.54. The number of aromatic amines is 1. The zero-order valence-electron chi connectivity index (χ0n) is 13.3. The van der Waals surface area contributed by atoms with Gasteiger partial charge in [-0.1, -0.05) is 6.07 Å². The Morgan fingerprint density at radius 2 is 1.92 bits per heavy atom. The van der Waals surface area contributed by atoms with E-state index in [0.29, 0.717) is 23.1 Å². The van der Waals surface area contributed by atoms with Crippen molar-refractivity contribution < 1.29 is 4.79 Å². The van der Waals surface area contributed by atoms with Crippen molar-refractivity contribution in [3.8, 4) is 0 Å². The molecule has 0 aliphatic carbocycles. The lowest BCUT2D eigenvalue weighted by Gasteiger charge is -2.17. The van der Waals surface area contributed by atoms with Gasteiger partial charge in [-0.3, -0.25) is 9.89 Å². The molecule has 0 bridgehead atoms. The number of carbonyl (C=O) groups is 1. The fourth-order valence-corrected chi connectivity index (χ4v) is 2.76. The van der Waals surface area contributed by atoms with E-state index in [2.05, 4.69) is 15.1 Å². The second kappa shape index (κ2) is 5.09. The minimum absolute atomic E-state index is 0.156. The maximum absolute atomic E-state index is 12.1. The third-order valence-electron chi connectivity index (χ3n) is 3.89. The van der Waals surface area contributed by atoms with E-state index in [0.717, 1.165) is 16.6 Å². The van der Waals surface area contributed by atoms with Crippen LogP contribution in [0.1, 0.15) is 12.5 Å². The molecule has 7 heteroatoms. The van der Waals surface area contributed by atoms with E-state index >= 15 is 0 Å². The summed E-state index contributed by atoms with van der Waals surface area (Å²) in [6, 6.07) is 13.1. The number of amides is 1. The molecule has 0 fully saturated rings. The number of carbonyl (C=O) groups excluding carboxylic acids is 1. The number of fused-ring (bicyclic) bond motifs is 3. The minimum Gasteiger partial charge on any atom is -0.399 e. The molecule has 0 atom stereocenters. The Morgan fingerprint density at radius 1 is 1.17 bits per heavy atom. The van der Waals surface area contributed by atoms with Crippen molar-refractivity contribution in [1.29, 1.82) is 0 Å². The molecule has 2 heterocycles. The maximum atomic E-state index is 12.1. The van der Waals surface area contributed by atoms with Gasteiger partial charge < -0.3 is 5.73 Å². The molecule has 1 amide bonds. The van der Waals surface area contributed by atoms with Crippen LogP contribution in [0.2, 0.25) is 0 Å². The zero-order chi connectivity index (χ0) is 16.8. The van der Waals surface area contributed by atoms with Gasteiger partial charge in [0.2, 0.25) is 11.9 Å². The number of aryl methyl sites for hydroxylation is 1. The van der Waals surface area contributed by atoms with Gasteiger partial charge in [0.1, 0.15) is 0 Å². The van der Waals surface area contributed by atoms with E-state index in [4.69, 9.17) is 5.73 Å². The highest BCUT2D eigenvalue weighted by atomic mass is 16.2. The Morgan fingerprint density at radius 3 is 2.62 bits per heavy atom. The van der Waals surface area contributed by atoms with Gasteiger partial charge in [0.05, 0.1) is 16.7 Å². The predicted octanol–water partition coefficient (Wildman–Crippen LogP) is 2.79. The van der Waals surface area contributed by atoms with Crippen LogP contribution in [0.3, 0.4) is 0 Å². The summed E-state index contributed by atoms with van der Waals surface area (Å²) in [6.45, 7) is 3.51. The zero-order valence-corrected chi connectivity index (χ0v) is 13.3. The minimum atomic E-state index is -0.156. The first-order valence-corrected chi connectivity index (χ1v) is 7.54. The van der Waals surface area contributed by atoms with E-state index in [1.807, 2.05) is 25.1 Å². The number of nitrogens with zero attached hydrogens (tertiary/aromatic N) is 4. The molecule has 7 nitrogen and oxygen atoms in total. The Bertz CT molecular complexity index is 1060. The fraction of sp³-hybridized carbons (Fsp3) is 0.118. The normalized spacial score (nSPS) is 11.2. The Labute approximate surface area is 137 Å². The van der Waals surface area contributed by atoms with Crippen molar-refractivity contribution in [1.82, 2.24) is 19.6 Å². The lowest BCUT2D eigenvalue weighted by atomic mass is 10.2. The van der Waals surface area contributed by atoms with E-state index in [-0.39, 0.29) is 5.91 Å². The average Bonchev–Trinajstić information content (AvgIpc) is 3.06. The van der Waals surface area contributed by atoms with Gasteiger partial charge in [0, 0.05) is 12.6 Å². The van der Waals surface area contributed by atoms with Crippen LogP contribution in [-0.4, -0.2) is 25.5 Å². The SMILES string of the molecule is CC(=O)N(c1ccc(N)cc1)c1nc2nc3cc(C)ccc3n2[nH]1. The highest BCUT2D eigenvalue weighted by molar-refractivity contribution is 5.97. The summed E-state index contributed by atoms with van der Waals surface area (Å²) >= 11 is 0. The second-order valence-electron chi connectivity index (χ2n) is 5.73. The van der Waals surface area contributed by atoms with Gasteiger partial charge in [-0.2, -0.15) is 4.98 Å². The highest BCUT2D eigenvalue weighted by Gasteiger charge is 2.19. The lowest BCUT2D eigenvalue weighted by molar-refractivity contribution is -0.115. The predicted molar refractivity (Wildman–Crippen MR) is 93.3 cm³/mol. The number of anilines is 3. The molecule has 0 aliphatic rings. The monoisotopic (exact) mass is 320 g/mol. The van der Waals surface area contributed by atoms with E-state index in [1.54, 1.807) is 28.8 Å². The summed E-state index contributed by atoms with van der Waals surface area (Å²) in [7, 11) is 0. The molecular formula is C17H16N6O. The molecule has 0 saturated heterocycles. The molecule has 2 aromatic carbocycles. The molecule has 3 N–H and O–H groups in total. The van der Waals surface area contributed by atoms with Crippen molar-refractivity contribution >= 4 is 40.0 Å². The molecule has 0 aliphatic heterocycles. The molecule has 120 valence electrons. The van der Waals surface area contributed by atoms with Crippen LogP contribution >= 0.6 is 0 Å². The largest absolute Gasteiger partial charge is 0.399 e. The first kappa shape index (κ1) is 14.3. The number of rotatable bonds is 2. The van der Waals surface area contributed by atoms with Crippen LogP contribution < -0.4 is 10.6 Å². The summed E-state index contributed by atoms with van der Waals surface area (Å²) in [5.41, 5.74) is 9.96. The lowest BCUT2D eigenvalue weighted by Crippen LogP contribution is -2.24. The summed E-state index contributed by atoms with van der Waals surface area (Å²) in [5.74, 6) is 0.779. The number of hydrogen-bond acceptors (Lipinski definition) is 4. The van der Waals surface area contributed by atoms with Crippen LogP contribution in [0.25, 0.3) is 16.8 Å². The number of nitrogen functional groups attached to an aromatic ring is 1. The summed E-state index contributed by atoms with van der Waals surface area (Å²) in [5, 5.41) is 3.15. The van der Waals surface area contributed by atoms with Gasteiger partial charge in [0.15, 0.2) is 0 Å². The Kier molecular flexibility index (Phi) is 3.02. The molecule has 0 saturated carbocycles. The molecular weight excluding hydrogens is 304 g/mol. The summed E-state index contributed by atoms with van der Waals surface area (Å²) in [4.78, 5) is 22.6. The van der Waals surface area contributed by atoms with Gasteiger partial charge in [0.25, 0.3) is 5.78 Å². The number of hydrogen-bond donors (Lipinski definition) is 2. The maximum Gasteiger partial charge on any atom is 0.253 e. The number of nitrogens with two attached hydrogens (primary N) is 1. The van der Waals surface area contributed by atoms with Crippen molar-refractivity contribution in [2.75, 3.05) is 10.6 Å². The third kappa shape index (κ3) is 2.18. The van der Waals surface area contributed by atoms with Crippen LogP contribution in [0.4, 0.5) is 17.3 Å². The standard InChI is InChI=1S/C17H16N6O/c1-10-3-8-15-14(9-10)19-16-20-17(21-23(15)16)22(11(2)24)13-6-4-12(18)5-7-13/h3-9H,18H2,1-2H3,(H,19,20,21). The summed E-state index contributed by atoms with van der Waals surface area (Å²) in [6.07, 6.45) is 0. The molecule has 4 aromatic rings. The van der Waals surface area contributed by atoms with Gasteiger partial charge in [-0.05, 0) is 48.9 Å². The number of aromatic nitrogens is 4. The van der Waals surface area contributed by atoms with Crippen LogP contribution in [-0.2, 0) is 4.79 Å². The molecule has 2 aromatic heterocycles. The quantitative estimate of drug-likeness (QED) is 0.555. The number of imidazole rings is 1. The van der Waals surface area contributed by atoms with Crippen LogP contribution in [0.5, 0.6) is 0 Å². The van der Waals surface area contributed by atoms with Crippen LogP contribution in [0.15, 0.2) is 42.5 Å². The molecule has 4 rings (SSSR count). The van der Waals surface area contributed by atoms with Gasteiger partial charge >= 0.3 is 0 Å². The number of H-pyrrole nitrogens is 1. The van der Waals surface area contributed by atoms with Crippen molar-refractivity contribution in [2.24, 2.45) is 0 Å². The molecule has 0 unspecified atom stereocenters. The molecule has 0 spiro atoms. The van der Waals surface area contributed by atoms with E-state index < -0.39 is 0 Å². The smallest absolute Gasteiger partial charge is 0.253 e. The average molecular weight is 320 g/mol. The van der Waals surface area contributed by atoms with E-state index in [9.17, 15) is 4.79 Å². The molecule has 0 radical (unpaired) electrons. The summed E-state index contributed by atoms with van der Waals surface area (Å²) < 4.78 is 1.78. The number of nitrogens with one attached hydrogen (secondary N) is 1. The van der Waals surface area contributed by atoms with Gasteiger partial charge in [-0.15, -0.1) is 0 Å². The number of benzene rings is 2. The van der Waals surface area contributed by atoms with Crippen LogP contribution in [0, 0.1) is 6.92 Å². The third-order valence-corrected chi connectivity index (χ3v) is 3.89. The van der Waals surface area contributed by atoms with E-state index in [1.165, 1.54) is 11.8 Å². The molecule has 24 heavy (non-hydrogen) atoms. The topological polar surface area (TPSA) is 92.3 Å². The van der Waals surface area contributed by atoms with Crippen molar-refractivity contribution in [2.45, 2.75) is 13.8 Å². The van der Waals surface area contributed by atoms with Crippen molar-refractivity contribution in [3.63, 3.8) is 0 Å². The second-order valence-corrected chi connectivity index (χ2v) is 5.73. The first-order chi connectivity index (χ1) is 11.5. The Hall–Kier alpha value is -3.35. The Balaban J connectivity index is 1.86.